The average molecular weight is 345 g/mol. The molecule has 3 aliphatic rings. The third-order valence-corrected chi connectivity index (χ3v) is 6.39. The molecule has 6 nitrogen and oxygen atoms in total. The quantitative estimate of drug-likeness (QED) is 0.869. The minimum Gasteiger partial charge on any atom is -0.377 e. The fraction of sp³-hybridized carbons (Fsp3) is 0.737. The highest BCUT2D eigenvalue weighted by Crippen LogP contribution is 2.51. The summed E-state index contributed by atoms with van der Waals surface area (Å²) in [7, 11) is 0. The van der Waals surface area contributed by atoms with Gasteiger partial charge in [-0.1, -0.05) is 25.7 Å². The zero-order valence-corrected chi connectivity index (χ0v) is 15.0. The van der Waals surface area contributed by atoms with Gasteiger partial charge in [-0.15, -0.1) is 0 Å². The molecular formula is C19H27N3O3. The molecule has 25 heavy (non-hydrogen) atoms. The van der Waals surface area contributed by atoms with Crippen LogP contribution in [0, 0.1) is 31.6 Å². The second-order valence-corrected chi connectivity index (χ2v) is 7.90. The summed E-state index contributed by atoms with van der Waals surface area (Å²) >= 11 is 0. The van der Waals surface area contributed by atoms with E-state index in [9.17, 15) is 9.59 Å². The van der Waals surface area contributed by atoms with Crippen molar-refractivity contribution < 1.29 is 9.53 Å². The fourth-order valence-electron chi connectivity index (χ4n) is 5.22. The van der Waals surface area contributed by atoms with Gasteiger partial charge >= 0.3 is 0 Å². The van der Waals surface area contributed by atoms with E-state index in [-0.39, 0.29) is 23.9 Å². The van der Waals surface area contributed by atoms with Crippen molar-refractivity contribution in [2.75, 3.05) is 6.61 Å². The second-order valence-electron chi connectivity index (χ2n) is 7.90. The normalized spacial score (nSPS) is 31.6. The standard InChI is InChI=1S/C19H27N3O3/c1-10-14(19(24)21-11(2)20-10)9-15(23)22-17-13-7-8-25-18(13)16(17)12-5-3-4-6-12/h12-13,16-18H,3-9H2,1-2H3,(H,22,23)(H,20,21,24)/t13-,16+,17+,18-/m0/s1. The third kappa shape index (κ3) is 3.01. The third-order valence-electron chi connectivity index (χ3n) is 6.39. The van der Waals surface area contributed by atoms with E-state index in [0.29, 0.717) is 40.9 Å². The van der Waals surface area contributed by atoms with Crippen molar-refractivity contribution in [3.8, 4) is 0 Å². The number of aryl methyl sites for hydroxylation is 2. The first-order chi connectivity index (χ1) is 12.0. The summed E-state index contributed by atoms with van der Waals surface area (Å²) in [5.74, 6) is 2.09. The Hall–Kier alpha value is -1.69. The molecule has 1 aliphatic heterocycles. The SMILES string of the molecule is Cc1nc(C)c(CC(=O)N[C@@H]2[C@@H]3CCO[C@@H]3[C@@H]2C2CCCC2)c(=O)[nH]1. The smallest absolute Gasteiger partial charge is 0.254 e. The molecule has 6 heteroatoms. The molecule has 0 aromatic carbocycles. The van der Waals surface area contributed by atoms with E-state index < -0.39 is 0 Å². The van der Waals surface area contributed by atoms with Gasteiger partial charge in [0, 0.05) is 35.7 Å². The molecular weight excluding hydrogens is 318 g/mol. The van der Waals surface area contributed by atoms with Crippen molar-refractivity contribution in [3.63, 3.8) is 0 Å². The predicted octanol–water partition coefficient (Wildman–Crippen LogP) is 1.64. The molecule has 2 saturated carbocycles. The number of carbonyl (C=O) groups excluding carboxylic acids is 1. The van der Waals surface area contributed by atoms with E-state index in [4.69, 9.17) is 4.74 Å². The minimum atomic E-state index is -0.205. The maximum Gasteiger partial charge on any atom is 0.254 e. The molecule has 2 N–H and O–H groups in total. The molecule has 0 spiro atoms. The number of amides is 1. The van der Waals surface area contributed by atoms with Crippen molar-refractivity contribution in [1.82, 2.24) is 15.3 Å². The Morgan fingerprint density at radius 1 is 1.28 bits per heavy atom. The molecule has 0 unspecified atom stereocenters. The van der Waals surface area contributed by atoms with Gasteiger partial charge in [-0.25, -0.2) is 4.98 Å². The Morgan fingerprint density at radius 3 is 2.76 bits per heavy atom. The first-order valence-corrected chi connectivity index (χ1v) is 9.52. The summed E-state index contributed by atoms with van der Waals surface area (Å²) in [5.41, 5.74) is 0.904. The van der Waals surface area contributed by atoms with Crippen molar-refractivity contribution in [2.24, 2.45) is 17.8 Å². The van der Waals surface area contributed by atoms with Gasteiger partial charge in [0.05, 0.1) is 12.5 Å². The highest BCUT2D eigenvalue weighted by atomic mass is 16.5. The molecule has 0 bridgehead atoms. The van der Waals surface area contributed by atoms with E-state index in [0.717, 1.165) is 13.0 Å². The molecule has 1 aromatic rings. The van der Waals surface area contributed by atoms with Gasteiger partial charge in [0.1, 0.15) is 5.82 Å². The Labute approximate surface area is 147 Å². The fourth-order valence-corrected chi connectivity index (χ4v) is 5.22. The number of carbonyl (C=O) groups is 1. The lowest BCUT2D eigenvalue weighted by Crippen LogP contribution is -2.63. The van der Waals surface area contributed by atoms with Gasteiger partial charge in [-0.3, -0.25) is 9.59 Å². The summed E-state index contributed by atoms with van der Waals surface area (Å²) in [6, 6.07) is 0.209. The maximum absolute atomic E-state index is 12.6. The number of aromatic amines is 1. The van der Waals surface area contributed by atoms with Crippen LogP contribution in [0.1, 0.15) is 49.2 Å². The van der Waals surface area contributed by atoms with Crippen molar-refractivity contribution in [1.29, 1.82) is 0 Å². The molecule has 1 aromatic heterocycles. The van der Waals surface area contributed by atoms with Crippen LogP contribution in [0.2, 0.25) is 0 Å². The van der Waals surface area contributed by atoms with Crippen LogP contribution in [0.3, 0.4) is 0 Å². The van der Waals surface area contributed by atoms with E-state index in [1.165, 1.54) is 25.7 Å². The molecule has 136 valence electrons. The first kappa shape index (κ1) is 16.8. The van der Waals surface area contributed by atoms with Gasteiger partial charge in [-0.2, -0.15) is 0 Å². The average Bonchev–Trinajstić information content (AvgIpc) is 3.19. The van der Waals surface area contributed by atoms with Crippen LogP contribution in [-0.4, -0.2) is 34.6 Å². The van der Waals surface area contributed by atoms with Crippen LogP contribution < -0.4 is 10.9 Å². The summed E-state index contributed by atoms with van der Waals surface area (Å²) in [4.78, 5) is 31.7. The van der Waals surface area contributed by atoms with Crippen LogP contribution in [-0.2, 0) is 16.0 Å². The molecule has 4 atom stereocenters. The lowest BCUT2D eigenvalue weighted by Gasteiger charge is -2.50. The monoisotopic (exact) mass is 345 g/mol. The number of hydrogen-bond donors (Lipinski definition) is 2. The summed E-state index contributed by atoms with van der Waals surface area (Å²) in [6.45, 7) is 4.35. The van der Waals surface area contributed by atoms with Crippen LogP contribution in [0.4, 0.5) is 0 Å². The highest BCUT2D eigenvalue weighted by Gasteiger charge is 2.56. The Kier molecular flexibility index (Phi) is 4.40. The van der Waals surface area contributed by atoms with Crippen LogP contribution in [0.25, 0.3) is 0 Å². The molecule has 2 aliphatic carbocycles. The van der Waals surface area contributed by atoms with Crippen LogP contribution in [0.5, 0.6) is 0 Å². The molecule has 2 heterocycles. The second kappa shape index (κ2) is 6.56. The largest absolute Gasteiger partial charge is 0.377 e. The minimum absolute atomic E-state index is 0.0717. The zero-order chi connectivity index (χ0) is 17.6. The van der Waals surface area contributed by atoms with Crippen molar-refractivity contribution >= 4 is 5.91 Å². The van der Waals surface area contributed by atoms with E-state index >= 15 is 0 Å². The lowest BCUT2D eigenvalue weighted by molar-refractivity contribution is -0.129. The Bertz CT molecular complexity index is 718. The number of rotatable bonds is 4. The van der Waals surface area contributed by atoms with Crippen molar-refractivity contribution in [2.45, 2.75) is 64.5 Å². The highest BCUT2D eigenvalue weighted by molar-refractivity contribution is 5.79. The van der Waals surface area contributed by atoms with Gasteiger partial charge in [0.2, 0.25) is 5.91 Å². The van der Waals surface area contributed by atoms with E-state index in [2.05, 4.69) is 15.3 Å². The summed E-state index contributed by atoms with van der Waals surface area (Å²) < 4.78 is 5.94. The predicted molar refractivity (Wildman–Crippen MR) is 93.3 cm³/mol. The number of aromatic nitrogens is 2. The number of ether oxygens (including phenoxy) is 1. The topological polar surface area (TPSA) is 84.1 Å². The Balaban J connectivity index is 1.45. The molecule has 4 rings (SSSR count). The molecule has 3 fully saturated rings. The first-order valence-electron chi connectivity index (χ1n) is 9.52. The van der Waals surface area contributed by atoms with Crippen LogP contribution >= 0.6 is 0 Å². The number of H-pyrrole nitrogens is 1. The number of fused-ring (bicyclic) bond motifs is 1. The molecule has 1 amide bonds. The van der Waals surface area contributed by atoms with Gasteiger partial charge < -0.3 is 15.0 Å². The maximum atomic E-state index is 12.6. The van der Waals surface area contributed by atoms with Gasteiger partial charge in [-0.05, 0) is 26.2 Å². The van der Waals surface area contributed by atoms with Crippen LogP contribution in [0.15, 0.2) is 4.79 Å². The molecule has 1 saturated heterocycles. The number of nitrogens with one attached hydrogen (secondary N) is 2. The van der Waals surface area contributed by atoms with Gasteiger partial charge in [0.25, 0.3) is 5.56 Å². The number of nitrogens with zero attached hydrogens (tertiary/aromatic N) is 1. The Morgan fingerprint density at radius 2 is 2.04 bits per heavy atom. The summed E-state index contributed by atoms with van der Waals surface area (Å²) in [5, 5.41) is 3.23. The number of hydrogen-bond acceptors (Lipinski definition) is 4. The zero-order valence-electron chi connectivity index (χ0n) is 15.0. The van der Waals surface area contributed by atoms with E-state index in [1.807, 2.05) is 0 Å². The van der Waals surface area contributed by atoms with Crippen molar-refractivity contribution in [3.05, 3.63) is 27.4 Å². The van der Waals surface area contributed by atoms with Gasteiger partial charge in [0.15, 0.2) is 0 Å². The molecule has 0 radical (unpaired) electrons. The summed E-state index contributed by atoms with van der Waals surface area (Å²) in [6.07, 6.45) is 6.56. The lowest BCUT2D eigenvalue weighted by atomic mass is 9.61. The van der Waals surface area contributed by atoms with E-state index in [1.54, 1.807) is 13.8 Å².